The van der Waals surface area contributed by atoms with Gasteiger partial charge in [0.15, 0.2) is 22.7 Å². The number of thiazole rings is 1. The van der Waals surface area contributed by atoms with E-state index in [1.165, 1.54) is 17.5 Å². The number of oxime groups is 1. The molecule has 0 amide bonds. The summed E-state index contributed by atoms with van der Waals surface area (Å²) in [5, 5.41) is 33.6. The Balaban J connectivity index is 1.36. The van der Waals surface area contributed by atoms with Crippen molar-refractivity contribution in [3.8, 4) is 11.5 Å². The number of benzene rings is 4. The Morgan fingerprint density at radius 1 is 0.848 bits per heavy atom. The van der Waals surface area contributed by atoms with Crippen molar-refractivity contribution in [2.75, 3.05) is 5.73 Å². The quantitative estimate of drug-likeness (QED) is 0.0639. The number of para-hydroxylation sites is 1. The zero-order valence-corrected chi connectivity index (χ0v) is 24.5. The second-order valence-corrected chi connectivity index (χ2v) is 10.6. The van der Waals surface area contributed by atoms with Crippen LogP contribution in [0.2, 0.25) is 0 Å². The van der Waals surface area contributed by atoms with E-state index in [9.17, 15) is 19.8 Å². The Hall–Kier alpha value is -6.28. The first kappa shape index (κ1) is 29.8. The van der Waals surface area contributed by atoms with Gasteiger partial charge in [0.2, 0.25) is 11.8 Å². The molecule has 0 aliphatic carbocycles. The molecule has 0 aliphatic rings. The monoisotopic (exact) mass is 636 g/mol. The highest BCUT2D eigenvalue weighted by Crippen LogP contribution is 2.33. The van der Waals surface area contributed by atoms with Gasteiger partial charge in [0.1, 0.15) is 16.7 Å². The fourth-order valence-corrected chi connectivity index (χ4v) is 4.98. The second-order valence-electron chi connectivity index (χ2n) is 9.71. The smallest absolute Gasteiger partial charge is 0.389 e. The maximum absolute atomic E-state index is 13.9. The third-order valence-electron chi connectivity index (χ3n) is 6.65. The van der Waals surface area contributed by atoms with Crippen LogP contribution in [0.3, 0.4) is 0 Å². The summed E-state index contributed by atoms with van der Waals surface area (Å²) in [5.41, 5.74) is 7.69. The largest absolute Gasteiger partial charge is 0.504 e. The van der Waals surface area contributed by atoms with Crippen molar-refractivity contribution in [1.29, 1.82) is 0 Å². The molecule has 0 aliphatic heterocycles. The lowest BCUT2D eigenvalue weighted by molar-refractivity contribution is -0.162. The number of carbonyl (C=O) groups excluding carboxylic acids is 2. The number of rotatable bonds is 10. The Labute approximate surface area is 264 Å². The van der Waals surface area contributed by atoms with Crippen molar-refractivity contribution in [2.45, 2.75) is 12.2 Å². The normalized spacial score (nSPS) is 12.2. The summed E-state index contributed by atoms with van der Waals surface area (Å²) in [6.07, 6.45) is -2.48. The zero-order valence-electron chi connectivity index (χ0n) is 23.7. The number of carbonyl (C=O) groups is 2. The second kappa shape index (κ2) is 13.2. The number of esters is 1. The van der Waals surface area contributed by atoms with E-state index < -0.39 is 41.4 Å². The van der Waals surface area contributed by atoms with Crippen LogP contribution in [0.15, 0.2) is 114 Å². The molecule has 4 N–H and O–H groups in total. The molecule has 6 rings (SSSR count). The van der Waals surface area contributed by atoms with Gasteiger partial charge in [-0.2, -0.15) is 0 Å². The first-order valence-corrected chi connectivity index (χ1v) is 14.6. The van der Waals surface area contributed by atoms with Crippen LogP contribution >= 0.6 is 11.3 Å². The number of phenolic OH excluding ortho intramolecular Hbond substituents is 2. The Kier molecular flexibility index (Phi) is 8.51. The number of phenols is 2. The summed E-state index contributed by atoms with van der Waals surface area (Å²) in [7, 11) is 0. The SMILES string of the molecule is Nc1nc(C(=NOC(C(=O)OC(c2ccccc2)c2ccccc2)c2ccc(O)c(O)c2)C(=O)On2nnc3ccccc32)cs1. The molecule has 230 valence electrons. The Morgan fingerprint density at radius 3 is 2.17 bits per heavy atom. The van der Waals surface area contributed by atoms with Crippen LogP contribution < -0.4 is 10.6 Å². The van der Waals surface area contributed by atoms with E-state index >= 15 is 0 Å². The highest BCUT2D eigenvalue weighted by Gasteiger charge is 2.31. The number of aromatic hydroxyl groups is 2. The first-order chi connectivity index (χ1) is 22.4. The van der Waals surface area contributed by atoms with Gasteiger partial charge in [0, 0.05) is 10.9 Å². The molecule has 2 aromatic heterocycles. The summed E-state index contributed by atoms with van der Waals surface area (Å²) in [6, 6.07) is 28.6. The van der Waals surface area contributed by atoms with Crippen molar-refractivity contribution in [3.63, 3.8) is 0 Å². The molecule has 1 unspecified atom stereocenters. The van der Waals surface area contributed by atoms with Crippen molar-refractivity contribution in [3.05, 3.63) is 131 Å². The third kappa shape index (κ3) is 6.46. The molecule has 13 nitrogen and oxygen atoms in total. The summed E-state index contributed by atoms with van der Waals surface area (Å²) >= 11 is 1.04. The fraction of sp³-hybridized carbons (Fsp3) is 0.0625. The van der Waals surface area contributed by atoms with Crippen molar-refractivity contribution < 1.29 is 34.2 Å². The number of aromatic nitrogens is 4. The van der Waals surface area contributed by atoms with E-state index in [1.54, 1.807) is 48.5 Å². The number of nitrogens with zero attached hydrogens (tertiary/aromatic N) is 5. The van der Waals surface area contributed by atoms with E-state index in [0.29, 0.717) is 22.2 Å². The van der Waals surface area contributed by atoms with E-state index in [2.05, 4.69) is 20.5 Å². The minimum atomic E-state index is -1.63. The van der Waals surface area contributed by atoms with Crippen LogP contribution in [0.25, 0.3) is 11.0 Å². The van der Waals surface area contributed by atoms with E-state index in [1.807, 2.05) is 36.4 Å². The lowest BCUT2D eigenvalue weighted by Gasteiger charge is -2.22. The summed E-state index contributed by atoms with van der Waals surface area (Å²) in [6.45, 7) is 0. The molecular weight excluding hydrogens is 612 g/mol. The minimum Gasteiger partial charge on any atom is -0.504 e. The average molecular weight is 637 g/mol. The predicted octanol–water partition coefficient (Wildman–Crippen LogP) is 4.33. The summed E-state index contributed by atoms with van der Waals surface area (Å²) in [5.74, 6) is -2.91. The lowest BCUT2D eigenvalue weighted by atomic mass is 10.0. The molecule has 4 aromatic carbocycles. The van der Waals surface area contributed by atoms with Gasteiger partial charge < -0.3 is 30.4 Å². The standard InChI is InChI=1S/C32H24N6O7S/c33-32-34-23(18-46-32)27(30(41)45-38-24-14-8-7-13-22(24)35-37-38)36-44-29(21-15-16-25(39)26(40)17-21)31(42)43-28(19-9-3-1-4-10-19)20-11-5-2-6-12-20/h1-18,28-29,39-40H,(H2,33,34). The molecule has 1 atom stereocenters. The molecule has 2 heterocycles. The van der Waals surface area contributed by atoms with Gasteiger partial charge in [0.25, 0.3) is 0 Å². The molecule has 0 radical (unpaired) electrons. The molecule has 0 spiro atoms. The van der Waals surface area contributed by atoms with Crippen molar-refractivity contribution >= 4 is 45.2 Å². The van der Waals surface area contributed by atoms with E-state index in [4.69, 9.17) is 20.1 Å². The number of fused-ring (bicyclic) bond motifs is 1. The van der Waals surface area contributed by atoms with Gasteiger partial charge in [-0.25, -0.2) is 14.6 Å². The van der Waals surface area contributed by atoms with Crippen LogP contribution in [0.1, 0.15) is 34.6 Å². The number of anilines is 1. The van der Waals surface area contributed by atoms with Crippen LogP contribution in [-0.2, 0) is 19.2 Å². The summed E-state index contributed by atoms with van der Waals surface area (Å²) < 4.78 is 6.00. The van der Waals surface area contributed by atoms with Gasteiger partial charge in [-0.1, -0.05) is 88.9 Å². The predicted molar refractivity (Wildman–Crippen MR) is 167 cm³/mol. The van der Waals surface area contributed by atoms with Crippen LogP contribution in [0.5, 0.6) is 11.5 Å². The molecule has 0 fully saturated rings. The van der Waals surface area contributed by atoms with Crippen LogP contribution in [0.4, 0.5) is 5.13 Å². The highest BCUT2D eigenvalue weighted by molar-refractivity contribution is 7.13. The van der Waals surface area contributed by atoms with Gasteiger partial charge in [-0.15, -0.1) is 16.4 Å². The Morgan fingerprint density at radius 2 is 1.52 bits per heavy atom. The number of nitrogens with two attached hydrogens (primary N) is 1. The van der Waals surface area contributed by atoms with Gasteiger partial charge in [0.05, 0.1) is 0 Å². The number of nitrogen functional groups attached to an aromatic ring is 1. The fourth-order valence-electron chi connectivity index (χ4n) is 4.43. The van der Waals surface area contributed by atoms with Crippen molar-refractivity contribution in [2.24, 2.45) is 5.16 Å². The van der Waals surface area contributed by atoms with Gasteiger partial charge in [-0.3, -0.25) is 0 Å². The van der Waals surface area contributed by atoms with Crippen molar-refractivity contribution in [1.82, 2.24) is 20.1 Å². The van der Waals surface area contributed by atoms with Gasteiger partial charge in [-0.05, 0) is 40.6 Å². The van der Waals surface area contributed by atoms with E-state index in [0.717, 1.165) is 22.2 Å². The zero-order chi connectivity index (χ0) is 32.0. The molecule has 14 heteroatoms. The maximum atomic E-state index is 13.9. The number of hydrogen-bond acceptors (Lipinski definition) is 13. The minimum absolute atomic E-state index is 0.00374. The lowest BCUT2D eigenvalue weighted by Crippen LogP contribution is -2.30. The summed E-state index contributed by atoms with van der Waals surface area (Å²) in [4.78, 5) is 43.5. The van der Waals surface area contributed by atoms with Crippen LogP contribution in [-0.4, -0.2) is 48.0 Å². The Bertz CT molecular complexity index is 1990. The molecule has 0 saturated carbocycles. The third-order valence-corrected chi connectivity index (χ3v) is 7.33. The maximum Gasteiger partial charge on any atom is 0.389 e. The molecule has 46 heavy (non-hydrogen) atoms. The number of ether oxygens (including phenoxy) is 1. The van der Waals surface area contributed by atoms with E-state index in [-0.39, 0.29) is 16.4 Å². The van der Waals surface area contributed by atoms with Crippen LogP contribution in [0, 0.1) is 0 Å². The highest BCUT2D eigenvalue weighted by atomic mass is 32.1. The molecule has 0 bridgehead atoms. The van der Waals surface area contributed by atoms with Gasteiger partial charge >= 0.3 is 11.9 Å². The topological polar surface area (TPSA) is 184 Å². The average Bonchev–Trinajstić information content (AvgIpc) is 3.70. The molecule has 6 aromatic rings. The molecular formula is C32H24N6O7S. The number of hydrogen-bond donors (Lipinski definition) is 3. The first-order valence-electron chi connectivity index (χ1n) is 13.7. The molecule has 0 saturated heterocycles.